The van der Waals surface area contributed by atoms with E-state index in [9.17, 15) is 19.4 Å². The number of aromatic nitrogens is 1. The number of hydrogen-bond donors (Lipinski definition) is 3. The van der Waals surface area contributed by atoms with Gasteiger partial charge in [0.25, 0.3) is 5.91 Å². The molecular weight excluding hydrogens is 491 g/mol. The van der Waals surface area contributed by atoms with Crippen molar-refractivity contribution in [3.63, 3.8) is 0 Å². The van der Waals surface area contributed by atoms with Gasteiger partial charge >= 0.3 is 0 Å². The molecule has 0 saturated heterocycles. The molecule has 1 aromatic heterocycles. The lowest BCUT2D eigenvalue weighted by atomic mass is 9.92. The number of aliphatic hydroxyl groups is 2. The Labute approximate surface area is 232 Å². The average molecular weight is 535 g/mol. The van der Waals surface area contributed by atoms with E-state index in [2.05, 4.69) is 23.7 Å². The maximum absolute atomic E-state index is 14.1. The molecule has 210 valence electrons. The average Bonchev–Trinajstić information content (AvgIpc) is 3.29. The molecule has 1 saturated carbocycles. The van der Waals surface area contributed by atoms with Crippen molar-refractivity contribution in [3.8, 4) is 22.4 Å². The van der Waals surface area contributed by atoms with Crippen LogP contribution in [0.5, 0.6) is 0 Å². The molecule has 0 spiro atoms. The van der Waals surface area contributed by atoms with Gasteiger partial charge in [0.1, 0.15) is 5.82 Å². The van der Waals surface area contributed by atoms with Gasteiger partial charge in [-0.15, -0.1) is 0 Å². The Kier molecular flexibility index (Phi) is 9.98. The fourth-order valence-electron chi connectivity index (χ4n) is 5.87. The highest BCUT2D eigenvalue weighted by Crippen LogP contribution is 2.42. The number of aliphatic hydroxyl groups excluding tert-OH is 2. The van der Waals surface area contributed by atoms with E-state index in [1.807, 2.05) is 37.3 Å². The molecular formula is C33H43FN2O3. The van der Waals surface area contributed by atoms with E-state index in [4.69, 9.17) is 0 Å². The number of rotatable bonds is 11. The first-order valence-electron chi connectivity index (χ1n) is 14.5. The van der Waals surface area contributed by atoms with Crippen molar-refractivity contribution in [3.05, 3.63) is 71.7 Å². The van der Waals surface area contributed by atoms with E-state index in [0.717, 1.165) is 53.8 Å². The third-order valence-electron chi connectivity index (χ3n) is 7.90. The Hall–Kier alpha value is -2.96. The first kappa shape index (κ1) is 29.0. The second-order valence-corrected chi connectivity index (χ2v) is 11.2. The lowest BCUT2D eigenvalue weighted by Crippen LogP contribution is -2.36. The SMILES string of the molecule is CC[C@@H](O)C[C@H](O)CCn1c(-c2ccc(F)cc2)c(-c2ccccc2)c(C(=O)NC2CCCCC2)c1C(C)C. The van der Waals surface area contributed by atoms with Gasteiger partial charge in [-0.2, -0.15) is 0 Å². The molecule has 39 heavy (non-hydrogen) atoms. The van der Waals surface area contributed by atoms with Crippen LogP contribution in [0.15, 0.2) is 54.6 Å². The molecule has 0 bridgehead atoms. The molecule has 1 aliphatic carbocycles. The summed E-state index contributed by atoms with van der Waals surface area (Å²) >= 11 is 0. The van der Waals surface area contributed by atoms with Crippen LogP contribution in [-0.2, 0) is 6.54 Å². The van der Waals surface area contributed by atoms with Gasteiger partial charge in [-0.25, -0.2) is 4.39 Å². The van der Waals surface area contributed by atoms with Gasteiger partial charge in [-0.05, 0) is 73.4 Å². The Balaban J connectivity index is 1.90. The second kappa shape index (κ2) is 13.4. The van der Waals surface area contributed by atoms with Crippen molar-refractivity contribution in [1.29, 1.82) is 0 Å². The minimum atomic E-state index is -0.678. The highest BCUT2D eigenvalue weighted by molar-refractivity contribution is 6.06. The molecule has 6 heteroatoms. The third kappa shape index (κ3) is 6.98. The number of benzene rings is 2. The largest absolute Gasteiger partial charge is 0.393 e. The summed E-state index contributed by atoms with van der Waals surface area (Å²) in [5, 5.41) is 24.2. The number of amides is 1. The maximum atomic E-state index is 14.1. The van der Waals surface area contributed by atoms with Crippen molar-refractivity contribution in [2.75, 3.05) is 0 Å². The van der Waals surface area contributed by atoms with Crippen LogP contribution in [0, 0.1) is 5.82 Å². The molecule has 4 rings (SSSR count). The van der Waals surface area contributed by atoms with Gasteiger partial charge in [-0.1, -0.05) is 70.4 Å². The van der Waals surface area contributed by atoms with Crippen molar-refractivity contribution in [2.24, 2.45) is 0 Å². The molecule has 1 amide bonds. The zero-order valence-electron chi connectivity index (χ0n) is 23.5. The third-order valence-corrected chi connectivity index (χ3v) is 7.90. The van der Waals surface area contributed by atoms with Crippen LogP contribution in [0.4, 0.5) is 4.39 Å². The van der Waals surface area contributed by atoms with Crippen LogP contribution in [0.1, 0.15) is 94.1 Å². The Bertz CT molecular complexity index is 1210. The number of carbonyl (C=O) groups is 1. The van der Waals surface area contributed by atoms with Gasteiger partial charge < -0.3 is 20.1 Å². The summed E-state index contributed by atoms with van der Waals surface area (Å²) in [5.74, 6) is -0.373. The smallest absolute Gasteiger partial charge is 0.253 e. The summed E-state index contributed by atoms with van der Waals surface area (Å²) in [6, 6.07) is 16.5. The highest BCUT2D eigenvalue weighted by Gasteiger charge is 2.31. The van der Waals surface area contributed by atoms with Crippen molar-refractivity contribution in [2.45, 2.75) is 103 Å². The number of nitrogens with one attached hydrogen (secondary N) is 1. The van der Waals surface area contributed by atoms with Crippen molar-refractivity contribution < 1.29 is 19.4 Å². The summed E-state index contributed by atoms with van der Waals surface area (Å²) in [7, 11) is 0. The highest BCUT2D eigenvalue weighted by atomic mass is 19.1. The lowest BCUT2D eigenvalue weighted by Gasteiger charge is -2.24. The zero-order valence-corrected chi connectivity index (χ0v) is 23.5. The molecule has 1 heterocycles. The minimum absolute atomic E-state index is 0.0205. The van der Waals surface area contributed by atoms with E-state index in [1.165, 1.54) is 18.6 Å². The topological polar surface area (TPSA) is 74.5 Å². The van der Waals surface area contributed by atoms with Gasteiger partial charge in [0.2, 0.25) is 0 Å². The standard InChI is InChI=1S/C33H43FN2O3/c1-4-27(37)21-28(38)19-20-36-31(22(2)3)30(33(39)35-26-13-9-6-10-14-26)29(23-11-7-5-8-12-23)32(36)24-15-17-25(34)18-16-24/h5,7-8,11-12,15-18,22,26-28,37-38H,4,6,9-10,13-14,19-21H2,1-3H3,(H,35,39)/t27-,28-/m1/s1. The van der Waals surface area contributed by atoms with Crippen LogP contribution in [0.3, 0.4) is 0 Å². The summed E-state index contributed by atoms with van der Waals surface area (Å²) in [6.07, 6.45) is 5.51. The Morgan fingerprint density at radius 2 is 1.64 bits per heavy atom. The molecule has 2 atom stereocenters. The second-order valence-electron chi connectivity index (χ2n) is 11.2. The normalized spacial score (nSPS) is 15.9. The zero-order chi connectivity index (χ0) is 27.9. The van der Waals surface area contributed by atoms with Gasteiger partial charge in [0.05, 0.1) is 23.5 Å². The first-order valence-corrected chi connectivity index (χ1v) is 14.5. The van der Waals surface area contributed by atoms with E-state index in [1.54, 1.807) is 12.1 Å². The lowest BCUT2D eigenvalue weighted by molar-refractivity contribution is 0.0711. The quantitative estimate of drug-likeness (QED) is 0.247. The molecule has 0 aliphatic heterocycles. The van der Waals surface area contributed by atoms with Gasteiger partial charge in [0.15, 0.2) is 0 Å². The maximum Gasteiger partial charge on any atom is 0.253 e. The fourth-order valence-corrected chi connectivity index (χ4v) is 5.87. The number of carbonyl (C=O) groups excluding carboxylic acids is 1. The molecule has 0 radical (unpaired) electrons. The summed E-state index contributed by atoms with van der Waals surface area (Å²) in [5.41, 5.74) is 4.99. The summed E-state index contributed by atoms with van der Waals surface area (Å²) in [4.78, 5) is 14.1. The molecule has 3 N–H and O–H groups in total. The van der Waals surface area contributed by atoms with Gasteiger partial charge in [-0.3, -0.25) is 4.79 Å². The van der Waals surface area contributed by atoms with Crippen molar-refractivity contribution >= 4 is 5.91 Å². The van der Waals surface area contributed by atoms with Crippen LogP contribution in [0.2, 0.25) is 0 Å². The molecule has 0 unspecified atom stereocenters. The molecule has 5 nitrogen and oxygen atoms in total. The van der Waals surface area contributed by atoms with E-state index >= 15 is 0 Å². The molecule has 1 fully saturated rings. The van der Waals surface area contributed by atoms with E-state index in [-0.39, 0.29) is 23.7 Å². The fraction of sp³-hybridized carbons (Fsp3) is 0.485. The van der Waals surface area contributed by atoms with Gasteiger partial charge in [0, 0.05) is 23.8 Å². The number of nitrogens with zero attached hydrogens (tertiary/aromatic N) is 1. The van der Waals surface area contributed by atoms with E-state index in [0.29, 0.717) is 31.4 Å². The predicted molar refractivity (Wildman–Crippen MR) is 155 cm³/mol. The molecule has 3 aromatic rings. The molecule has 2 aromatic carbocycles. The van der Waals surface area contributed by atoms with E-state index < -0.39 is 12.2 Å². The van der Waals surface area contributed by atoms with Crippen LogP contribution in [0.25, 0.3) is 22.4 Å². The summed E-state index contributed by atoms with van der Waals surface area (Å²) in [6.45, 7) is 6.54. The number of hydrogen-bond acceptors (Lipinski definition) is 3. The summed E-state index contributed by atoms with van der Waals surface area (Å²) < 4.78 is 16.2. The monoisotopic (exact) mass is 534 g/mol. The predicted octanol–water partition coefficient (Wildman–Crippen LogP) is 7.06. The minimum Gasteiger partial charge on any atom is -0.393 e. The van der Waals surface area contributed by atoms with Crippen molar-refractivity contribution in [1.82, 2.24) is 9.88 Å². The van der Waals surface area contributed by atoms with Crippen LogP contribution in [-0.4, -0.2) is 38.9 Å². The first-order chi connectivity index (χ1) is 18.8. The van der Waals surface area contributed by atoms with Crippen LogP contribution >= 0.6 is 0 Å². The molecule has 1 aliphatic rings. The van der Waals surface area contributed by atoms with Crippen LogP contribution < -0.4 is 5.32 Å². The number of halogens is 1. The Morgan fingerprint density at radius 1 is 0.974 bits per heavy atom. The Morgan fingerprint density at radius 3 is 2.26 bits per heavy atom.